The standard InChI is InChI=1S/C18H28BrN/c1-12(2)15-6-5-7-16(9-8-15)20-17-10-13(3)18(19)14(4)11-17/h10-12,15-16,20H,5-9H2,1-4H3. The summed E-state index contributed by atoms with van der Waals surface area (Å²) < 4.78 is 1.24. The first-order chi connectivity index (χ1) is 9.47. The van der Waals surface area contributed by atoms with Crippen molar-refractivity contribution in [1.82, 2.24) is 0 Å². The fourth-order valence-corrected chi connectivity index (χ4v) is 3.64. The van der Waals surface area contributed by atoms with E-state index in [1.807, 2.05) is 0 Å². The summed E-state index contributed by atoms with van der Waals surface area (Å²) in [6, 6.07) is 5.18. The maximum Gasteiger partial charge on any atom is 0.0348 e. The number of benzene rings is 1. The van der Waals surface area contributed by atoms with Crippen LogP contribution in [-0.4, -0.2) is 6.04 Å². The maximum absolute atomic E-state index is 3.77. The molecule has 2 unspecified atom stereocenters. The third kappa shape index (κ3) is 4.00. The monoisotopic (exact) mass is 337 g/mol. The molecule has 20 heavy (non-hydrogen) atoms. The second-order valence-corrected chi connectivity index (χ2v) is 7.57. The van der Waals surface area contributed by atoms with E-state index in [9.17, 15) is 0 Å². The zero-order valence-electron chi connectivity index (χ0n) is 13.3. The number of aryl methyl sites for hydroxylation is 2. The molecule has 1 aliphatic carbocycles. The first-order valence-corrected chi connectivity index (χ1v) is 8.80. The predicted octanol–water partition coefficient (Wildman–Crippen LogP) is 6.08. The van der Waals surface area contributed by atoms with Gasteiger partial charge in [0.15, 0.2) is 0 Å². The van der Waals surface area contributed by atoms with E-state index in [2.05, 4.69) is 61.1 Å². The lowest BCUT2D eigenvalue weighted by Crippen LogP contribution is -2.19. The van der Waals surface area contributed by atoms with Gasteiger partial charge < -0.3 is 5.32 Å². The minimum atomic E-state index is 0.652. The highest BCUT2D eigenvalue weighted by Gasteiger charge is 2.21. The SMILES string of the molecule is Cc1cc(NC2CCCC(C(C)C)CC2)cc(C)c1Br. The predicted molar refractivity (Wildman–Crippen MR) is 92.4 cm³/mol. The van der Waals surface area contributed by atoms with E-state index in [4.69, 9.17) is 0 Å². The third-order valence-corrected chi connectivity index (χ3v) is 6.01. The van der Waals surface area contributed by atoms with Crippen molar-refractivity contribution in [3.63, 3.8) is 0 Å². The van der Waals surface area contributed by atoms with Crippen molar-refractivity contribution in [1.29, 1.82) is 0 Å². The Morgan fingerprint density at radius 3 is 2.30 bits per heavy atom. The van der Waals surface area contributed by atoms with Crippen molar-refractivity contribution in [2.45, 2.75) is 65.8 Å². The van der Waals surface area contributed by atoms with Gasteiger partial charge in [0.05, 0.1) is 0 Å². The minimum absolute atomic E-state index is 0.652. The second-order valence-electron chi connectivity index (χ2n) is 6.78. The lowest BCUT2D eigenvalue weighted by molar-refractivity contribution is 0.341. The van der Waals surface area contributed by atoms with Gasteiger partial charge in [-0.05, 0) is 68.2 Å². The van der Waals surface area contributed by atoms with E-state index in [0.29, 0.717) is 6.04 Å². The molecule has 1 saturated carbocycles. The maximum atomic E-state index is 3.77. The Balaban J connectivity index is 2.00. The average molecular weight is 338 g/mol. The molecule has 2 rings (SSSR count). The van der Waals surface area contributed by atoms with Gasteiger partial charge in [-0.25, -0.2) is 0 Å². The molecule has 1 aromatic rings. The molecule has 0 radical (unpaired) electrons. The van der Waals surface area contributed by atoms with Gasteiger partial charge >= 0.3 is 0 Å². The van der Waals surface area contributed by atoms with Crippen LogP contribution in [0.2, 0.25) is 0 Å². The van der Waals surface area contributed by atoms with Gasteiger partial charge in [-0.1, -0.05) is 42.6 Å². The van der Waals surface area contributed by atoms with Crippen molar-refractivity contribution in [3.05, 3.63) is 27.7 Å². The molecule has 0 heterocycles. The Labute approximate surface area is 132 Å². The van der Waals surface area contributed by atoms with Crippen LogP contribution >= 0.6 is 15.9 Å². The molecule has 0 saturated heterocycles. The summed E-state index contributed by atoms with van der Waals surface area (Å²) >= 11 is 3.65. The highest BCUT2D eigenvalue weighted by molar-refractivity contribution is 9.10. The van der Waals surface area contributed by atoms with Crippen molar-refractivity contribution in [3.8, 4) is 0 Å². The molecule has 0 spiro atoms. The van der Waals surface area contributed by atoms with Gasteiger partial charge in [0.1, 0.15) is 0 Å². The molecule has 1 fully saturated rings. The largest absolute Gasteiger partial charge is 0.382 e. The Kier molecular flexibility index (Phi) is 5.54. The summed E-state index contributed by atoms with van der Waals surface area (Å²) in [5, 5.41) is 3.77. The van der Waals surface area contributed by atoms with Crippen LogP contribution in [-0.2, 0) is 0 Å². The van der Waals surface area contributed by atoms with Crippen molar-refractivity contribution >= 4 is 21.6 Å². The summed E-state index contributed by atoms with van der Waals surface area (Å²) in [5.41, 5.74) is 3.93. The van der Waals surface area contributed by atoms with Gasteiger partial charge in [0.25, 0.3) is 0 Å². The molecule has 0 aromatic heterocycles. The van der Waals surface area contributed by atoms with Crippen molar-refractivity contribution in [2.75, 3.05) is 5.32 Å². The number of anilines is 1. The van der Waals surface area contributed by atoms with E-state index >= 15 is 0 Å². The third-order valence-electron chi connectivity index (χ3n) is 4.76. The second kappa shape index (κ2) is 6.98. The Morgan fingerprint density at radius 2 is 1.70 bits per heavy atom. The van der Waals surface area contributed by atoms with Gasteiger partial charge in [-0.2, -0.15) is 0 Å². The molecule has 1 nitrogen and oxygen atoms in total. The highest BCUT2D eigenvalue weighted by atomic mass is 79.9. The van der Waals surface area contributed by atoms with Crippen LogP contribution < -0.4 is 5.32 Å². The molecule has 1 aromatic carbocycles. The molecular formula is C18H28BrN. The topological polar surface area (TPSA) is 12.0 Å². The van der Waals surface area contributed by atoms with Gasteiger partial charge in [-0.15, -0.1) is 0 Å². The quantitative estimate of drug-likeness (QED) is 0.658. The first-order valence-electron chi connectivity index (χ1n) is 8.00. The molecule has 2 atom stereocenters. The van der Waals surface area contributed by atoms with Gasteiger partial charge in [0.2, 0.25) is 0 Å². The minimum Gasteiger partial charge on any atom is -0.382 e. The molecule has 0 aliphatic heterocycles. The number of nitrogens with one attached hydrogen (secondary N) is 1. The average Bonchev–Trinajstić information content (AvgIpc) is 2.61. The number of hydrogen-bond acceptors (Lipinski definition) is 1. The number of hydrogen-bond donors (Lipinski definition) is 1. The zero-order valence-corrected chi connectivity index (χ0v) is 14.9. The van der Waals surface area contributed by atoms with Crippen LogP contribution in [0.3, 0.4) is 0 Å². The number of rotatable bonds is 3. The molecule has 0 bridgehead atoms. The summed E-state index contributed by atoms with van der Waals surface area (Å²) in [5.74, 6) is 1.76. The fraction of sp³-hybridized carbons (Fsp3) is 0.667. The van der Waals surface area contributed by atoms with Crippen LogP contribution in [0.1, 0.15) is 57.1 Å². The number of halogens is 1. The Morgan fingerprint density at radius 1 is 1.05 bits per heavy atom. The molecule has 1 aliphatic rings. The first kappa shape index (κ1) is 15.9. The fourth-order valence-electron chi connectivity index (χ4n) is 3.41. The van der Waals surface area contributed by atoms with Crippen LogP contribution in [0, 0.1) is 25.7 Å². The summed E-state index contributed by atoms with van der Waals surface area (Å²) in [6.45, 7) is 9.09. The lowest BCUT2D eigenvalue weighted by Gasteiger charge is -2.20. The van der Waals surface area contributed by atoms with E-state index in [-0.39, 0.29) is 0 Å². The molecule has 1 N–H and O–H groups in total. The highest BCUT2D eigenvalue weighted by Crippen LogP contribution is 2.31. The van der Waals surface area contributed by atoms with E-state index in [1.54, 1.807) is 0 Å². The van der Waals surface area contributed by atoms with E-state index in [0.717, 1.165) is 11.8 Å². The van der Waals surface area contributed by atoms with E-state index in [1.165, 1.54) is 53.4 Å². The van der Waals surface area contributed by atoms with Crippen molar-refractivity contribution in [2.24, 2.45) is 11.8 Å². The Hall–Kier alpha value is -0.500. The normalized spacial score (nSPS) is 23.7. The van der Waals surface area contributed by atoms with E-state index < -0.39 is 0 Å². The molecule has 0 amide bonds. The van der Waals surface area contributed by atoms with Crippen LogP contribution in [0.15, 0.2) is 16.6 Å². The molecular weight excluding hydrogens is 310 g/mol. The van der Waals surface area contributed by atoms with Crippen LogP contribution in [0.5, 0.6) is 0 Å². The summed E-state index contributed by atoms with van der Waals surface area (Å²) in [7, 11) is 0. The van der Waals surface area contributed by atoms with Gasteiger partial charge in [0, 0.05) is 16.2 Å². The van der Waals surface area contributed by atoms with Crippen LogP contribution in [0.25, 0.3) is 0 Å². The smallest absolute Gasteiger partial charge is 0.0348 e. The Bertz CT molecular complexity index is 430. The molecule has 112 valence electrons. The van der Waals surface area contributed by atoms with Gasteiger partial charge in [-0.3, -0.25) is 0 Å². The molecule has 2 heteroatoms. The zero-order chi connectivity index (χ0) is 14.7. The van der Waals surface area contributed by atoms with Crippen molar-refractivity contribution < 1.29 is 0 Å². The summed E-state index contributed by atoms with van der Waals surface area (Å²) in [4.78, 5) is 0. The van der Waals surface area contributed by atoms with Crippen LogP contribution in [0.4, 0.5) is 5.69 Å². The summed E-state index contributed by atoms with van der Waals surface area (Å²) in [6.07, 6.45) is 6.79. The lowest BCUT2D eigenvalue weighted by atomic mass is 9.89.